The van der Waals surface area contributed by atoms with Gasteiger partial charge in [0.15, 0.2) is 5.96 Å². The lowest BCUT2D eigenvalue weighted by Crippen LogP contribution is -2.46. The summed E-state index contributed by atoms with van der Waals surface area (Å²) in [5.41, 5.74) is 2.83. The van der Waals surface area contributed by atoms with E-state index in [1.54, 1.807) is 0 Å². The fraction of sp³-hybridized carbons (Fsp3) is 0.696. The number of aliphatic imine (C=N–C) groups is 1. The highest BCUT2D eigenvalue weighted by Gasteiger charge is 2.25. The standard InChI is InChI=1S/C23H39N5O.HI/c1-4-24-23(26(3)17-21-11-8-13-28(21)5-2)25-15-22(29)18-27-14-12-19-9-6-7-10-20(19)16-27;/h6-7,9-10,21-22,29H,4-5,8,11-18H2,1-3H3,(H,24,25);1H. The number of nitrogens with zero attached hydrogens (tertiary/aromatic N) is 4. The van der Waals surface area contributed by atoms with Crippen molar-refractivity contribution in [1.82, 2.24) is 20.0 Å². The lowest BCUT2D eigenvalue weighted by atomic mass is 10.00. The van der Waals surface area contributed by atoms with Crippen molar-refractivity contribution in [2.24, 2.45) is 4.99 Å². The first-order valence-electron chi connectivity index (χ1n) is 11.3. The quantitative estimate of drug-likeness (QED) is 0.308. The summed E-state index contributed by atoms with van der Waals surface area (Å²) in [7, 11) is 2.11. The van der Waals surface area contributed by atoms with Gasteiger partial charge in [-0.3, -0.25) is 14.8 Å². The molecular formula is C23H40IN5O. The van der Waals surface area contributed by atoms with Crippen LogP contribution < -0.4 is 5.32 Å². The number of fused-ring (bicyclic) bond motifs is 1. The maximum absolute atomic E-state index is 10.6. The molecule has 1 aromatic carbocycles. The SMILES string of the molecule is CCNC(=NCC(O)CN1CCc2ccccc2C1)N(C)CC1CCCN1CC.I. The third kappa shape index (κ3) is 7.07. The largest absolute Gasteiger partial charge is 0.390 e. The van der Waals surface area contributed by atoms with Gasteiger partial charge < -0.3 is 15.3 Å². The Morgan fingerprint density at radius 1 is 1.27 bits per heavy atom. The summed E-state index contributed by atoms with van der Waals surface area (Å²) in [4.78, 5) is 11.9. The van der Waals surface area contributed by atoms with Gasteiger partial charge in [-0.1, -0.05) is 31.2 Å². The fourth-order valence-corrected chi connectivity index (χ4v) is 4.65. The number of nitrogens with one attached hydrogen (secondary N) is 1. The molecule has 0 aromatic heterocycles. The minimum Gasteiger partial charge on any atom is -0.390 e. The van der Waals surface area contributed by atoms with E-state index in [9.17, 15) is 5.11 Å². The van der Waals surface area contributed by atoms with Crippen molar-refractivity contribution in [1.29, 1.82) is 0 Å². The molecule has 30 heavy (non-hydrogen) atoms. The zero-order valence-electron chi connectivity index (χ0n) is 18.9. The monoisotopic (exact) mass is 529 g/mol. The normalized spacial score (nSPS) is 21.1. The highest BCUT2D eigenvalue weighted by Crippen LogP contribution is 2.19. The zero-order valence-corrected chi connectivity index (χ0v) is 21.2. The molecule has 0 aliphatic carbocycles. The van der Waals surface area contributed by atoms with Crippen LogP contribution >= 0.6 is 24.0 Å². The first-order chi connectivity index (χ1) is 14.1. The molecule has 1 fully saturated rings. The van der Waals surface area contributed by atoms with Crippen LogP contribution in [0.3, 0.4) is 0 Å². The van der Waals surface area contributed by atoms with Crippen LogP contribution in [0.5, 0.6) is 0 Å². The molecule has 6 nitrogen and oxygen atoms in total. The van der Waals surface area contributed by atoms with E-state index in [0.29, 0.717) is 19.1 Å². The second-order valence-electron chi connectivity index (χ2n) is 8.41. The number of likely N-dealkylation sites (tertiary alicyclic amines) is 1. The summed E-state index contributed by atoms with van der Waals surface area (Å²) in [6.45, 7) is 11.5. The van der Waals surface area contributed by atoms with Crippen LogP contribution in [-0.2, 0) is 13.0 Å². The van der Waals surface area contributed by atoms with Crippen LogP contribution in [0.15, 0.2) is 29.3 Å². The van der Waals surface area contributed by atoms with E-state index in [-0.39, 0.29) is 24.0 Å². The summed E-state index contributed by atoms with van der Waals surface area (Å²) in [5.74, 6) is 0.901. The third-order valence-electron chi connectivity index (χ3n) is 6.22. The summed E-state index contributed by atoms with van der Waals surface area (Å²) in [6.07, 6.45) is 3.17. The molecular weight excluding hydrogens is 489 g/mol. The smallest absolute Gasteiger partial charge is 0.193 e. The summed E-state index contributed by atoms with van der Waals surface area (Å²) >= 11 is 0. The number of guanidine groups is 1. The van der Waals surface area contributed by atoms with E-state index in [1.165, 1.54) is 30.5 Å². The average molecular weight is 530 g/mol. The zero-order chi connectivity index (χ0) is 20.6. The Bertz CT molecular complexity index is 671. The van der Waals surface area contributed by atoms with Crippen molar-refractivity contribution in [2.45, 2.75) is 51.8 Å². The number of rotatable bonds is 8. The Labute approximate surface area is 199 Å². The lowest BCUT2D eigenvalue weighted by molar-refractivity contribution is 0.111. The number of hydrogen-bond donors (Lipinski definition) is 2. The molecule has 0 saturated carbocycles. The molecule has 1 aromatic rings. The molecule has 2 N–H and O–H groups in total. The van der Waals surface area contributed by atoms with Crippen molar-refractivity contribution in [2.75, 3.05) is 52.9 Å². The molecule has 2 atom stereocenters. The molecule has 2 aliphatic heterocycles. The molecule has 2 heterocycles. The number of β-amino-alcohol motifs (C(OH)–C–C–N with tert-alkyl or cyclic N) is 1. The molecule has 7 heteroatoms. The predicted molar refractivity (Wildman–Crippen MR) is 136 cm³/mol. The summed E-state index contributed by atoms with van der Waals surface area (Å²) < 4.78 is 0. The van der Waals surface area contributed by atoms with Crippen LogP contribution in [0.4, 0.5) is 0 Å². The fourth-order valence-electron chi connectivity index (χ4n) is 4.65. The number of likely N-dealkylation sites (N-methyl/N-ethyl adjacent to an activating group) is 2. The van der Waals surface area contributed by atoms with Crippen LogP contribution in [-0.4, -0.2) is 90.8 Å². The van der Waals surface area contributed by atoms with Crippen LogP contribution in [0, 0.1) is 0 Å². The van der Waals surface area contributed by atoms with Gasteiger partial charge in [-0.25, -0.2) is 0 Å². The molecule has 3 rings (SSSR count). The second-order valence-corrected chi connectivity index (χ2v) is 8.41. The Morgan fingerprint density at radius 2 is 2.03 bits per heavy atom. The van der Waals surface area contributed by atoms with Gasteiger partial charge in [-0.05, 0) is 50.4 Å². The topological polar surface area (TPSA) is 54.3 Å². The van der Waals surface area contributed by atoms with Gasteiger partial charge in [0.2, 0.25) is 0 Å². The Morgan fingerprint density at radius 3 is 2.77 bits per heavy atom. The molecule has 1 saturated heterocycles. The van der Waals surface area contributed by atoms with Gasteiger partial charge in [0, 0.05) is 45.8 Å². The maximum atomic E-state index is 10.6. The lowest BCUT2D eigenvalue weighted by Gasteiger charge is -2.31. The van der Waals surface area contributed by atoms with Crippen molar-refractivity contribution in [3.63, 3.8) is 0 Å². The molecule has 2 unspecified atom stereocenters. The van der Waals surface area contributed by atoms with Crippen molar-refractivity contribution in [3.05, 3.63) is 35.4 Å². The Hall–Kier alpha value is -0.900. The summed E-state index contributed by atoms with van der Waals surface area (Å²) in [5, 5.41) is 14.0. The molecule has 170 valence electrons. The molecule has 0 amide bonds. The van der Waals surface area contributed by atoms with Gasteiger partial charge in [0.1, 0.15) is 0 Å². The van der Waals surface area contributed by atoms with Gasteiger partial charge in [-0.2, -0.15) is 0 Å². The average Bonchev–Trinajstić information content (AvgIpc) is 3.18. The van der Waals surface area contributed by atoms with Crippen molar-refractivity contribution in [3.8, 4) is 0 Å². The number of benzene rings is 1. The van der Waals surface area contributed by atoms with Gasteiger partial charge >= 0.3 is 0 Å². The minimum atomic E-state index is -0.444. The Kier molecular flexibility index (Phi) is 10.8. The number of halogens is 1. The first-order valence-corrected chi connectivity index (χ1v) is 11.3. The summed E-state index contributed by atoms with van der Waals surface area (Å²) in [6, 6.07) is 9.24. The molecule has 0 radical (unpaired) electrons. The van der Waals surface area contributed by atoms with Crippen LogP contribution in [0.1, 0.15) is 37.8 Å². The third-order valence-corrected chi connectivity index (χ3v) is 6.22. The number of hydrogen-bond acceptors (Lipinski definition) is 4. The molecule has 2 aliphatic rings. The van der Waals surface area contributed by atoms with Gasteiger partial charge in [0.25, 0.3) is 0 Å². The maximum Gasteiger partial charge on any atom is 0.193 e. The van der Waals surface area contributed by atoms with Crippen molar-refractivity contribution < 1.29 is 5.11 Å². The van der Waals surface area contributed by atoms with Gasteiger partial charge in [0.05, 0.1) is 12.6 Å². The van der Waals surface area contributed by atoms with E-state index in [1.807, 2.05) is 0 Å². The Balaban J connectivity index is 0.00000320. The number of aliphatic hydroxyl groups excluding tert-OH is 1. The van der Waals surface area contributed by atoms with Crippen LogP contribution in [0.2, 0.25) is 0 Å². The van der Waals surface area contributed by atoms with E-state index >= 15 is 0 Å². The van der Waals surface area contributed by atoms with Crippen LogP contribution in [0.25, 0.3) is 0 Å². The highest BCUT2D eigenvalue weighted by atomic mass is 127. The van der Waals surface area contributed by atoms with Crippen molar-refractivity contribution >= 4 is 29.9 Å². The highest BCUT2D eigenvalue weighted by molar-refractivity contribution is 14.0. The van der Waals surface area contributed by atoms with E-state index in [0.717, 1.165) is 45.1 Å². The molecule has 0 bridgehead atoms. The predicted octanol–water partition coefficient (Wildman–Crippen LogP) is 2.41. The minimum absolute atomic E-state index is 0. The number of aliphatic hydroxyl groups is 1. The second kappa shape index (κ2) is 12.8. The first kappa shape index (κ1) is 25.4. The molecule has 0 spiro atoms. The van der Waals surface area contributed by atoms with Gasteiger partial charge in [-0.15, -0.1) is 24.0 Å². The van der Waals surface area contributed by atoms with E-state index in [2.05, 4.69) is 65.2 Å². The van der Waals surface area contributed by atoms with E-state index in [4.69, 9.17) is 4.99 Å². The van der Waals surface area contributed by atoms with E-state index < -0.39 is 6.10 Å².